The quantitative estimate of drug-likeness (QED) is 0.616. The van der Waals surface area contributed by atoms with Crippen LogP contribution in [0.3, 0.4) is 0 Å². The van der Waals surface area contributed by atoms with Crippen molar-refractivity contribution in [3.63, 3.8) is 0 Å². The van der Waals surface area contributed by atoms with Gasteiger partial charge in [-0.15, -0.1) is 0 Å². The Morgan fingerprint density at radius 1 is 1.42 bits per heavy atom. The molecule has 0 aliphatic rings. The highest BCUT2D eigenvalue weighted by Gasteiger charge is 2.27. The fourth-order valence-corrected chi connectivity index (χ4v) is 0.734. The Balaban J connectivity index is 3.67. The van der Waals surface area contributed by atoms with Crippen molar-refractivity contribution < 1.29 is 13.2 Å². The average Bonchev–Trinajstić information content (AvgIpc) is 1.96. The number of hydrogen-bond acceptors (Lipinski definition) is 2. The molecule has 0 N–H and O–H groups in total. The van der Waals surface area contributed by atoms with E-state index in [9.17, 15) is 13.2 Å². The van der Waals surface area contributed by atoms with Gasteiger partial charge < -0.3 is 0 Å². The highest BCUT2D eigenvalue weighted by atomic mass is 19.4. The zero-order valence-corrected chi connectivity index (χ0v) is 6.86. The van der Waals surface area contributed by atoms with E-state index in [0.717, 1.165) is 0 Å². The number of nitrogens with zero attached hydrogens (tertiary/aromatic N) is 2. The van der Waals surface area contributed by atoms with E-state index < -0.39 is 12.6 Å². The lowest BCUT2D eigenvalue weighted by molar-refractivity contribution is -0.137. The first-order valence-electron chi connectivity index (χ1n) is 3.65. The monoisotopic (exact) mass is 180 g/mol. The summed E-state index contributed by atoms with van der Waals surface area (Å²) in [5.41, 5.74) is 0. The van der Waals surface area contributed by atoms with Crippen LogP contribution in [0.25, 0.3) is 0 Å². The molecule has 70 valence electrons. The lowest BCUT2D eigenvalue weighted by Gasteiger charge is -2.17. The Labute approximate surface area is 69.6 Å². The minimum atomic E-state index is -4.12. The van der Waals surface area contributed by atoms with E-state index in [1.165, 1.54) is 4.90 Å². The molecule has 0 spiro atoms. The molecule has 0 unspecified atom stereocenters. The van der Waals surface area contributed by atoms with Gasteiger partial charge in [-0.25, -0.2) is 0 Å². The maximum Gasteiger partial charge on any atom is 0.390 e. The molecule has 0 fully saturated rings. The normalized spacial score (nSPS) is 11.7. The van der Waals surface area contributed by atoms with E-state index in [-0.39, 0.29) is 13.1 Å². The zero-order chi connectivity index (χ0) is 9.61. The summed E-state index contributed by atoms with van der Waals surface area (Å²) in [5, 5.41) is 8.22. The predicted molar refractivity (Wildman–Crippen MR) is 38.4 cm³/mol. The molecular formula is C7H11F3N2. The SMILES string of the molecule is CCN(CC#N)CCC(F)(F)F. The molecule has 2 nitrogen and oxygen atoms in total. The van der Waals surface area contributed by atoms with E-state index in [0.29, 0.717) is 6.54 Å². The smallest absolute Gasteiger partial charge is 0.291 e. The predicted octanol–water partition coefficient (Wildman–Crippen LogP) is 1.78. The summed E-state index contributed by atoms with van der Waals surface area (Å²) in [7, 11) is 0. The van der Waals surface area contributed by atoms with Crippen LogP contribution in [0.5, 0.6) is 0 Å². The Kier molecular flexibility index (Phi) is 4.67. The Hall–Kier alpha value is -0.760. The van der Waals surface area contributed by atoms with Crippen molar-refractivity contribution in [2.24, 2.45) is 0 Å². The molecule has 0 aliphatic heterocycles. The molecule has 0 amide bonds. The van der Waals surface area contributed by atoms with Crippen molar-refractivity contribution in [1.29, 1.82) is 5.26 Å². The van der Waals surface area contributed by atoms with Gasteiger partial charge in [-0.05, 0) is 6.54 Å². The molecule has 0 rings (SSSR count). The molecule has 0 aromatic carbocycles. The van der Waals surface area contributed by atoms with Gasteiger partial charge in [0, 0.05) is 6.54 Å². The van der Waals surface area contributed by atoms with Crippen molar-refractivity contribution in [3.05, 3.63) is 0 Å². The summed E-state index contributed by atoms with van der Waals surface area (Å²) in [5.74, 6) is 0. The summed E-state index contributed by atoms with van der Waals surface area (Å²) in [4.78, 5) is 1.45. The molecule has 0 aromatic rings. The lowest BCUT2D eigenvalue weighted by Crippen LogP contribution is -2.28. The standard InChI is InChI=1S/C7H11F3N2/c1-2-12(6-4-11)5-3-7(8,9)10/h2-3,5-6H2,1H3. The molecule has 0 bridgehead atoms. The van der Waals surface area contributed by atoms with Crippen molar-refractivity contribution in [2.45, 2.75) is 19.5 Å². The largest absolute Gasteiger partial charge is 0.390 e. The second-order valence-corrected chi connectivity index (χ2v) is 2.39. The van der Waals surface area contributed by atoms with Gasteiger partial charge in [0.1, 0.15) is 0 Å². The van der Waals surface area contributed by atoms with Crippen LogP contribution in [-0.4, -0.2) is 30.7 Å². The number of hydrogen-bond donors (Lipinski definition) is 0. The zero-order valence-electron chi connectivity index (χ0n) is 6.86. The van der Waals surface area contributed by atoms with Crippen LogP contribution in [0.2, 0.25) is 0 Å². The van der Waals surface area contributed by atoms with Gasteiger partial charge in [-0.1, -0.05) is 6.92 Å². The van der Waals surface area contributed by atoms with Gasteiger partial charge in [0.05, 0.1) is 19.0 Å². The molecular weight excluding hydrogens is 169 g/mol. The van der Waals surface area contributed by atoms with Gasteiger partial charge in [0.25, 0.3) is 0 Å². The van der Waals surface area contributed by atoms with Crippen LogP contribution in [0.4, 0.5) is 13.2 Å². The molecule has 0 atom stereocenters. The van der Waals surface area contributed by atoms with Crippen LogP contribution in [0, 0.1) is 11.3 Å². The van der Waals surface area contributed by atoms with E-state index in [2.05, 4.69) is 0 Å². The van der Waals surface area contributed by atoms with Gasteiger partial charge in [-0.2, -0.15) is 18.4 Å². The minimum Gasteiger partial charge on any atom is -0.291 e. The van der Waals surface area contributed by atoms with Crippen LogP contribution in [-0.2, 0) is 0 Å². The van der Waals surface area contributed by atoms with Crippen LogP contribution in [0.1, 0.15) is 13.3 Å². The molecule has 0 aliphatic carbocycles. The number of nitriles is 1. The lowest BCUT2D eigenvalue weighted by atomic mass is 10.3. The first-order valence-corrected chi connectivity index (χ1v) is 3.65. The Bertz CT molecular complexity index is 159. The number of alkyl halides is 3. The maximum atomic E-state index is 11.7. The third-order valence-electron chi connectivity index (χ3n) is 1.45. The Morgan fingerprint density at radius 3 is 2.33 bits per heavy atom. The topological polar surface area (TPSA) is 27.0 Å². The van der Waals surface area contributed by atoms with E-state index >= 15 is 0 Å². The van der Waals surface area contributed by atoms with E-state index in [1.807, 2.05) is 6.07 Å². The van der Waals surface area contributed by atoms with Crippen LogP contribution < -0.4 is 0 Å². The van der Waals surface area contributed by atoms with Crippen molar-refractivity contribution in [3.8, 4) is 6.07 Å². The fourth-order valence-electron chi connectivity index (χ4n) is 0.734. The van der Waals surface area contributed by atoms with Crippen LogP contribution in [0.15, 0.2) is 0 Å². The van der Waals surface area contributed by atoms with Crippen LogP contribution >= 0.6 is 0 Å². The summed E-state index contributed by atoms with van der Waals surface area (Å²) in [6.45, 7) is 2.18. The number of rotatable bonds is 4. The van der Waals surface area contributed by atoms with Crippen molar-refractivity contribution >= 4 is 0 Å². The Morgan fingerprint density at radius 2 is 2.00 bits per heavy atom. The molecule has 0 aromatic heterocycles. The molecule has 0 radical (unpaired) electrons. The molecule has 0 saturated heterocycles. The van der Waals surface area contributed by atoms with E-state index in [4.69, 9.17) is 5.26 Å². The summed E-state index contributed by atoms with van der Waals surface area (Å²) >= 11 is 0. The van der Waals surface area contributed by atoms with E-state index in [1.54, 1.807) is 6.92 Å². The molecule has 0 saturated carbocycles. The van der Waals surface area contributed by atoms with Crippen molar-refractivity contribution in [2.75, 3.05) is 19.6 Å². The molecule has 0 heterocycles. The second-order valence-electron chi connectivity index (χ2n) is 2.39. The fraction of sp³-hybridized carbons (Fsp3) is 0.857. The highest BCUT2D eigenvalue weighted by Crippen LogP contribution is 2.19. The van der Waals surface area contributed by atoms with Gasteiger partial charge >= 0.3 is 6.18 Å². The molecule has 12 heavy (non-hydrogen) atoms. The third kappa shape index (κ3) is 5.98. The van der Waals surface area contributed by atoms with Gasteiger partial charge in [0.2, 0.25) is 0 Å². The third-order valence-corrected chi connectivity index (χ3v) is 1.45. The van der Waals surface area contributed by atoms with Crippen molar-refractivity contribution in [1.82, 2.24) is 4.90 Å². The van der Waals surface area contributed by atoms with Gasteiger partial charge in [0.15, 0.2) is 0 Å². The minimum absolute atomic E-state index is 0.0621. The number of halogens is 3. The first-order chi connectivity index (χ1) is 5.49. The summed E-state index contributed by atoms with van der Waals surface area (Å²) in [6.07, 6.45) is -4.97. The average molecular weight is 180 g/mol. The molecule has 5 heteroatoms. The summed E-state index contributed by atoms with van der Waals surface area (Å²) in [6, 6.07) is 1.81. The highest BCUT2D eigenvalue weighted by molar-refractivity contribution is 4.76. The first kappa shape index (κ1) is 11.2. The maximum absolute atomic E-state index is 11.7. The summed E-state index contributed by atoms with van der Waals surface area (Å²) < 4.78 is 35.0. The van der Waals surface area contributed by atoms with Gasteiger partial charge in [-0.3, -0.25) is 4.90 Å². The second kappa shape index (κ2) is 4.99.